The van der Waals surface area contributed by atoms with Gasteiger partial charge in [-0.1, -0.05) is 6.07 Å². The molecule has 1 unspecified atom stereocenters. The number of anilines is 1. The molecule has 1 aromatic heterocycles. The number of hydrogen-bond donors (Lipinski definition) is 2. The van der Waals surface area contributed by atoms with Crippen LogP contribution in [0.2, 0.25) is 0 Å². The van der Waals surface area contributed by atoms with Crippen LogP contribution in [0.25, 0.3) is 11.1 Å². The van der Waals surface area contributed by atoms with Gasteiger partial charge in [0.15, 0.2) is 5.58 Å². The lowest BCUT2D eigenvalue weighted by molar-refractivity contribution is -0.120. The summed E-state index contributed by atoms with van der Waals surface area (Å²) in [5.41, 5.74) is 3.53. The Labute approximate surface area is 173 Å². The monoisotopic (exact) mass is 429 g/mol. The molecule has 2 heterocycles. The molecule has 0 aliphatic carbocycles. The number of H-pyrrole nitrogens is 1. The van der Waals surface area contributed by atoms with E-state index in [1.54, 1.807) is 0 Å². The van der Waals surface area contributed by atoms with E-state index in [0.717, 1.165) is 11.1 Å². The third-order valence-corrected chi connectivity index (χ3v) is 7.42. The van der Waals surface area contributed by atoms with Gasteiger partial charge < -0.3 is 9.73 Å². The normalized spacial score (nSPS) is 17.9. The smallest absolute Gasteiger partial charge is 0.408 e. The van der Waals surface area contributed by atoms with Crippen molar-refractivity contribution in [2.24, 2.45) is 5.92 Å². The molecular formula is C21H23N3O5S. The minimum atomic E-state index is -3.82. The molecule has 1 saturated heterocycles. The summed E-state index contributed by atoms with van der Waals surface area (Å²) in [5, 5.41) is 2.90. The maximum absolute atomic E-state index is 13.1. The van der Waals surface area contributed by atoms with Crippen LogP contribution in [0.5, 0.6) is 0 Å². The molecular weight excluding hydrogens is 406 g/mol. The SMILES string of the molecule is Cc1ccc(NC(=O)C2CCCN(S(=O)(=O)c3ccc4[nH]c(=O)oc4c3)C2)cc1C. The van der Waals surface area contributed by atoms with Crippen LogP contribution in [-0.2, 0) is 14.8 Å². The van der Waals surface area contributed by atoms with Crippen LogP contribution < -0.4 is 11.1 Å². The summed E-state index contributed by atoms with van der Waals surface area (Å²) in [6.45, 7) is 4.42. The number of amides is 1. The number of nitrogens with one attached hydrogen (secondary N) is 2. The maximum atomic E-state index is 13.1. The van der Waals surface area contributed by atoms with Gasteiger partial charge in [0.25, 0.3) is 0 Å². The Morgan fingerprint density at radius 1 is 1.17 bits per heavy atom. The lowest BCUT2D eigenvalue weighted by Gasteiger charge is -2.31. The first kappa shape index (κ1) is 20.4. The van der Waals surface area contributed by atoms with Gasteiger partial charge in [-0.3, -0.25) is 9.78 Å². The molecule has 1 amide bonds. The second-order valence-corrected chi connectivity index (χ2v) is 9.60. The minimum Gasteiger partial charge on any atom is -0.408 e. The highest BCUT2D eigenvalue weighted by Crippen LogP contribution is 2.26. The highest BCUT2D eigenvalue weighted by atomic mass is 32.2. The fraction of sp³-hybridized carbons (Fsp3) is 0.333. The number of hydrogen-bond acceptors (Lipinski definition) is 5. The number of rotatable bonds is 4. The second-order valence-electron chi connectivity index (χ2n) is 7.66. The Morgan fingerprint density at radius 3 is 2.73 bits per heavy atom. The Balaban J connectivity index is 1.52. The lowest BCUT2D eigenvalue weighted by atomic mass is 9.98. The second kappa shape index (κ2) is 7.73. The number of aromatic nitrogens is 1. The van der Waals surface area contributed by atoms with Crippen molar-refractivity contribution in [1.29, 1.82) is 0 Å². The molecule has 0 radical (unpaired) electrons. The molecule has 1 atom stereocenters. The van der Waals surface area contributed by atoms with Crippen molar-refractivity contribution in [1.82, 2.24) is 9.29 Å². The third-order valence-electron chi connectivity index (χ3n) is 5.56. The first-order valence-corrected chi connectivity index (χ1v) is 11.2. The summed E-state index contributed by atoms with van der Waals surface area (Å²) in [7, 11) is -3.82. The number of piperidine rings is 1. The van der Waals surface area contributed by atoms with Crippen molar-refractivity contribution in [2.45, 2.75) is 31.6 Å². The fourth-order valence-corrected chi connectivity index (χ4v) is 5.21. The standard InChI is InChI=1S/C21H23N3O5S/c1-13-5-6-16(10-14(13)2)22-20(25)15-4-3-9-24(12-15)30(27,28)17-7-8-18-19(11-17)29-21(26)23-18/h5-8,10-11,15H,3-4,9,12H2,1-2H3,(H,22,25)(H,23,26). The van der Waals surface area contributed by atoms with E-state index in [9.17, 15) is 18.0 Å². The molecule has 2 N–H and O–H groups in total. The largest absolute Gasteiger partial charge is 0.417 e. The molecule has 0 saturated carbocycles. The van der Waals surface area contributed by atoms with Crippen LogP contribution in [0.1, 0.15) is 24.0 Å². The van der Waals surface area contributed by atoms with Gasteiger partial charge in [-0.2, -0.15) is 4.31 Å². The summed E-state index contributed by atoms with van der Waals surface area (Å²) in [6, 6.07) is 9.96. The number of oxazole rings is 1. The number of aromatic amines is 1. The summed E-state index contributed by atoms with van der Waals surface area (Å²) in [4.78, 5) is 26.6. The van der Waals surface area contributed by atoms with Crippen LogP contribution in [-0.4, -0.2) is 36.7 Å². The number of benzene rings is 2. The predicted octanol–water partition coefficient (Wildman–Crippen LogP) is 2.78. The van der Waals surface area contributed by atoms with E-state index in [1.807, 2.05) is 32.0 Å². The van der Waals surface area contributed by atoms with Gasteiger partial charge in [-0.15, -0.1) is 0 Å². The van der Waals surface area contributed by atoms with Crippen molar-refractivity contribution in [3.8, 4) is 0 Å². The molecule has 1 aliphatic heterocycles. The zero-order chi connectivity index (χ0) is 21.5. The van der Waals surface area contributed by atoms with Gasteiger partial charge in [-0.05, 0) is 62.1 Å². The van der Waals surface area contributed by atoms with Gasteiger partial charge in [-0.25, -0.2) is 13.2 Å². The molecule has 1 aliphatic rings. The fourth-order valence-electron chi connectivity index (χ4n) is 3.67. The van der Waals surface area contributed by atoms with Crippen molar-refractivity contribution < 1.29 is 17.6 Å². The number of carbonyl (C=O) groups is 1. The van der Waals surface area contributed by atoms with Crippen LogP contribution in [0.3, 0.4) is 0 Å². The minimum absolute atomic E-state index is 0.0352. The van der Waals surface area contributed by atoms with Gasteiger partial charge in [0.05, 0.1) is 16.3 Å². The van der Waals surface area contributed by atoms with Gasteiger partial charge in [0.2, 0.25) is 15.9 Å². The number of nitrogens with zero attached hydrogens (tertiary/aromatic N) is 1. The Hall–Kier alpha value is -2.91. The molecule has 158 valence electrons. The van der Waals surface area contributed by atoms with Gasteiger partial charge in [0, 0.05) is 24.8 Å². The Bertz CT molecular complexity index is 1280. The average molecular weight is 429 g/mol. The molecule has 3 aromatic rings. The summed E-state index contributed by atoms with van der Waals surface area (Å²) in [5.74, 6) is -1.27. The van der Waals surface area contributed by atoms with Crippen molar-refractivity contribution in [3.63, 3.8) is 0 Å². The molecule has 0 spiro atoms. The maximum Gasteiger partial charge on any atom is 0.417 e. The number of sulfonamides is 1. The topological polar surface area (TPSA) is 112 Å². The number of fused-ring (bicyclic) bond motifs is 1. The van der Waals surface area contributed by atoms with Crippen LogP contribution in [0.4, 0.5) is 5.69 Å². The third kappa shape index (κ3) is 3.90. The Kier molecular flexibility index (Phi) is 5.25. The van der Waals surface area contributed by atoms with Crippen LogP contribution >= 0.6 is 0 Å². The molecule has 8 nitrogen and oxygen atoms in total. The summed E-state index contributed by atoms with van der Waals surface area (Å²) >= 11 is 0. The highest BCUT2D eigenvalue weighted by Gasteiger charge is 2.33. The Morgan fingerprint density at radius 2 is 1.97 bits per heavy atom. The first-order valence-electron chi connectivity index (χ1n) is 9.75. The van der Waals surface area contributed by atoms with Gasteiger partial charge >= 0.3 is 5.76 Å². The number of carbonyl (C=O) groups excluding carboxylic acids is 1. The zero-order valence-electron chi connectivity index (χ0n) is 16.8. The van der Waals surface area contributed by atoms with E-state index >= 15 is 0 Å². The summed E-state index contributed by atoms with van der Waals surface area (Å²) < 4.78 is 32.5. The van der Waals surface area contributed by atoms with E-state index in [0.29, 0.717) is 30.6 Å². The molecule has 30 heavy (non-hydrogen) atoms. The molecule has 1 fully saturated rings. The van der Waals surface area contributed by atoms with Crippen molar-refractivity contribution in [3.05, 3.63) is 58.1 Å². The number of aryl methyl sites for hydroxylation is 2. The average Bonchev–Trinajstić information content (AvgIpc) is 3.10. The van der Waals surface area contributed by atoms with Crippen LogP contribution in [0, 0.1) is 19.8 Å². The summed E-state index contributed by atoms with van der Waals surface area (Å²) in [6.07, 6.45) is 1.21. The van der Waals surface area contributed by atoms with Crippen molar-refractivity contribution >= 4 is 32.7 Å². The zero-order valence-corrected chi connectivity index (χ0v) is 17.6. The lowest BCUT2D eigenvalue weighted by Crippen LogP contribution is -2.43. The van der Waals surface area contributed by atoms with E-state index in [1.165, 1.54) is 22.5 Å². The van der Waals surface area contributed by atoms with E-state index in [2.05, 4.69) is 10.3 Å². The van der Waals surface area contributed by atoms with E-state index < -0.39 is 21.7 Å². The van der Waals surface area contributed by atoms with Crippen molar-refractivity contribution in [2.75, 3.05) is 18.4 Å². The van der Waals surface area contributed by atoms with E-state index in [-0.39, 0.29) is 22.9 Å². The van der Waals surface area contributed by atoms with Crippen LogP contribution in [0.15, 0.2) is 50.5 Å². The first-order chi connectivity index (χ1) is 14.2. The van der Waals surface area contributed by atoms with Gasteiger partial charge in [0.1, 0.15) is 0 Å². The molecule has 0 bridgehead atoms. The highest BCUT2D eigenvalue weighted by molar-refractivity contribution is 7.89. The predicted molar refractivity (Wildman–Crippen MR) is 113 cm³/mol. The quantitative estimate of drug-likeness (QED) is 0.662. The molecule has 9 heteroatoms. The molecule has 2 aromatic carbocycles. The van der Waals surface area contributed by atoms with E-state index in [4.69, 9.17) is 4.42 Å². The molecule has 4 rings (SSSR count).